The maximum absolute atomic E-state index is 12.8. The van der Waals surface area contributed by atoms with Gasteiger partial charge in [0, 0.05) is 5.39 Å². The Balaban J connectivity index is 1.41. The van der Waals surface area contributed by atoms with E-state index < -0.39 is 0 Å². The number of hydrogen-bond donors (Lipinski definition) is 1. The summed E-state index contributed by atoms with van der Waals surface area (Å²) in [7, 11) is 0. The van der Waals surface area contributed by atoms with Gasteiger partial charge in [0.1, 0.15) is 5.58 Å². The highest BCUT2D eigenvalue weighted by molar-refractivity contribution is 6.08. The maximum atomic E-state index is 12.8. The second kappa shape index (κ2) is 6.83. The lowest BCUT2D eigenvalue weighted by atomic mass is 9.89. The largest absolute Gasteiger partial charge is 0.451 e. The highest BCUT2D eigenvalue weighted by Crippen LogP contribution is 2.29. The molecule has 3 aromatic carbocycles. The number of aryl methyl sites for hydroxylation is 2. The smallest absolute Gasteiger partial charge is 0.287 e. The Hall–Kier alpha value is -3.07. The first-order valence-corrected chi connectivity index (χ1v) is 10.0. The highest BCUT2D eigenvalue weighted by Gasteiger charge is 2.18. The molecule has 1 aromatic heterocycles. The third-order valence-corrected chi connectivity index (χ3v) is 5.87. The van der Waals surface area contributed by atoms with Crippen LogP contribution in [-0.4, -0.2) is 5.91 Å². The molecule has 1 N–H and O–H groups in total. The maximum Gasteiger partial charge on any atom is 0.287 e. The molecule has 1 atom stereocenters. The molecule has 140 valence electrons. The zero-order valence-electron chi connectivity index (χ0n) is 16.0. The number of rotatable bonds is 3. The van der Waals surface area contributed by atoms with Crippen molar-refractivity contribution < 1.29 is 9.21 Å². The Morgan fingerprint density at radius 1 is 0.929 bits per heavy atom. The van der Waals surface area contributed by atoms with Gasteiger partial charge in [-0.3, -0.25) is 4.79 Å². The number of nitrogens with one attached hydrogen (secondary N) is 1. The summed E-state index contributed by atoms with van der Waals surface area (Å²) in [6, 6.07) is 20.5. The molecule has 0 radical (unpaired) electrons. The fourth-order valence-electron chi connectivity index (χ4n) is 4.28. The van der Waals surface area contributed by atoms with E-state index in [0.29, 0.717) is 5.76 Å². The average Bonchev–Trinajstić information content (AvgIpc) is 3.18. The van der Waals surface area contributed by atoms with Gasteiger partial charge in [0.2, 0.25) is 0 Å². The summed E-state index contributed by atoms with van der Waals surface area (Å²) >= 11 is 0. The van der Waals surface area contributed by atoms with Crippen LogP contribution in [0.15, 0.2) is 65.1 Å². The van der Waals surface area contributed by atoms with E-state index in [1.165, 1.54) is 30.4 Å². The molecule has 1 amide bonds. The van der Waals surface area contributed by atoms with Crippen LogP contribution in [0.5, 0.6) is 0 Å². The summed E-state index contributed by atoms with van der Waals surface area (Å²) in [6.45, 7) is 2.03. The summed E-state index contributed by atoms with van der Waals surface area (Å²) in [6.07, 6.45) is 4.84. The lowest BCUT2D eigenvalue weighted by molar-refractivity contribution is 0.0914. The standard InChI is InChI=1S/C25H23NO2/c1-16(19-11-10-17-6-2-3-8-20(17)14-19)26-25(27)24-15-22-21-9-5-4-7-18(21)12-13-23(22)28-24/h4-5,7,9-16H,2-3,6,8H2,1H3,(H,26,27). The van der Waals surface area contributed by atoms with Crippen LogP contribution in [-0.2, 0) is 12.8 Å². The summed E-state index contributed by atoms with van der Waals surface area (Å²) in [4.78, 5) is 12.8. The van der Waals surface area contributed by atoms with Gasteiger partial charge in [-0.15, -0.1) is 0 Å². The van der Waals surface area contributed by atoms with E-state index in [0.717, 1.165) is 33.7 Å². The minimum atomic E-state index is -0.175. The first kappa shape index (κ1) is 17.1. The number of carbonyl (C=O) groups is 1. The van der Waals surface area contributed by atoms with Crippen LogP contribution in [0.4, 0.5) is 0 Å². The monoisotopic (exact) mass is 369 g/mol. The van der Waals surface area contributed by atoms with E-state index in [-0.39, 0.29) is 11.9 Å². The predicted octanol–water partition coefficient (Wildman–Crippen LogP) is 5.96. The summed E-state index contributed by atoms with van der Waals surface area (Å²) in [5, 5.41) is 6.32. The minimum absolute atomic E-state index is 0.0651. The molecule has 0 saturated heterocycles. The fraction of sp³-hybridized carbons (Fsp3) is 0.240. The van der Waals surface area contributed by atoms with Crippen molar-refractivity contribution in [2.75, 3.05) is 0 Å². The van der Waals surface area contributed by atoms with Gasteiger partial charge >= 0.3 is 0 Å². The lowest BCUT2D eigenvalue weighted by Gasteiger charge is -2.19. The highest BCUT2D eigenvalue weighted by atomic mass is 16.3. The van der Waals surface area contributed by atoms with Crippen LogP contribution >= 0.6 is 0 Å². The molecular formula is C25H23NO2. The van der Waals surface area contributed by atoms with Crippen molar-refractivity contribution in [2.24, 2.45) is 0 Å². The van der Waals surface area contributed by atoms with Gasteiger partial charge in [-0.05, 0) is 72.2 Å². The third-order valence-electron chi connectivity index (χ3n) is 5.87. The first-order chi connectivity index (χ1) is 13.7. The normalized spacial score (nSPS) is 14.8. The van der Waals surface area contributed by atoms with E-state index in [4.69, 9.17) is 4.42 Å². The average molecular weight is 369 g/mol. The Morgan fingerprint density at radius 2 is 1.75 bits per heavy atom. The van der Waals surface area contributed by atoms with E-state index in [9.17, 15) is 4.79 Å². The van der Waals surface area contributed by atoms with Gasteiger partial charge in [0.15, 0.2) is 5.76 Å². The number of carbonyl (C=O) groups excluding carboxylic acids is 1. The van der Waals surface area contributed by atoms with Crippen molar-refractivity contribution in [3.8, 4) is 0 Å². The molecular weight excluding hydrogens is 346 g/mol. The topological polar surface area (TPSA) is 42.2 Å². The summed E-state index contributed by atoms with van der Waals surface area (Å²) < 4.78 is 5.85. The number of benzene rings is 3. The second-order valence-corrected chi connectivity index (χ2v) is 7.74. The molecule has 1 unspecified atom stereocenters. The van der Waals surface area contributed by atoms with Crippen LogP contribution in [0, 0.1) is 0 Å². The Labute approximate surface area is 164 Å². The fourth-order valence-corrected chi connectivity index (χ4v) is 4.28. The lowest BCUT2D eigenvalue weighted by Crippen LogP contribution is -2.26. The van der Waals surface area contributed by atoms with Gasteiger partial charge in [-0.25, -0.2) is 0 Å². The predicted molar refractivity (Wildman–Crippen MR) is 113 cm³/mol. The second-order valence-electron chi connectivity index (χ2n) is 7.74. The van der Waals surface area contributed by atoms with Crippen LogP contribution in [0.25, 0.3) is 21.7 Å². The Kier molecular flexibility index (Phi) is 4.16. The van der Waals surface area contributed by atoms with Gasteiger partial charge in [-0.1, -0.05) is 48.5 Å². The molecule has 3 heteroatoms. The van der Waals surface area contributed by atoms with E-state index in [1.807, 2.05) is 37.3 Å². The molecule has 5 rings (SSSR count). The molecule has 1 aliphatic carbocycles. The number of hydrogen-bond acceptors (Lipinski definition) is 2. The van der Waals surface area contributed by atoms with Gasteiger partial charge in [0.25, 0.3) is 5.91 Å². The van der Waals surface area contributed by atoms with Crippen molar-refractivity contribution >= 4 is 27.6 Å². The van der Waals surface area contributed by atoms with E-state index >= 15 is 0 Å². The number of fused-ring (bicyclic) bond motifs is 4. The van der Waals surface area contributed by atoms with Crippen molar-refractivity contribution in [1.29, 1.82) is 0 Å². The van der Waals surface area contributed by atoms with Crippen LogP contribution in [0.3, 0.4) is 0 Å². The molecule has 3 nitrogen and oxygen atoms in total. The molecule has 0 saturated carbocycles. The van der Waals surface area contributed by atoms with Crippen molar-refractivity contribution in [3.63, 3.8) is 0 Å². The molecule has 0 spiro atoms. The van der Waals surface area contributed by atoms with Crippen molar-refractivity contribution in [1.82, 2.24) is 5.32 Å². The van der Waals surface area contributed by atoms with Crippen molar-refractivity contribution in [2.45, 2.75) is 38.6 Å². The molecule has 28 heavy (non-hydrogen) atoms. The van der Waals surface area contributed by atoms with Gasteiger partial charge in [-0.2, -0.15) is 0 Å². The molecule has 1 aliphatic rings. The minimum Gasteiger partial charge on any atom is -0.451 e. The first-order valence-electron chi connectivity index (χ1n) is 10.0. The van der Waals surface area contributed by atoms with E-state index in [1.54, 1.807) is 0 Å². The summed E-state index contributed by atoms with van der Waals surface area (Å²) in [5.74, 6) is 0.182. The zero-order chi connectivity index (χ0) is 19.1. The van der Waals surface area contributed by atoms with Gasteiger partial charge < -0.3 is 9.73 Å². The Bertz CT molecular complexity index is 1190. The van der Waals surface area contributed by atoms with Crippen LogP contribution < -0.4 is 5.32 Å². The third kappa shape index (κ3) is 2.97. The molecule has 4 aromatic rings. The number of furan rings is 1. The molecule has 0 fully saturated rings. The molecule has 0 bridgehead atoms. The summed E-state index contributed by atoms with van der Waals surface area (Å²) in [5.41, 5.74) is 4.78. The van der Waals surface area contributed by atoms with Gasteiger partial charge in [0.05, 0.1) is 6.04 Å². The van der Waals surface area contributed by atoms with Crippen LogP contribution in [0.2, 0.25) is 0 Å². The zero-order valence-corrected chi connectivity index (χ0v) is 16.0. The SMILES string of the molecule is CC(NC(=O)c1cc2c(ccc3ccccc32)o1)c1ccc2c(c1)CCCC2. The van der Waals surface area contributed by atoms with E-state index in [2.05, 4.69) is 35.6 Å². The van der Waals surface area contributed by atoms with Crippen LogP contribution in [0.1, 0.15) is 53.1 Å². The number of amides is 1. The molecule has 0 aliphatic heterocycles. The molecule has 1 heterocycles. The quantitative estimate of drug-likeness (QED) is 0.484. The van der Waals surface area contributed by atoms with Crippen molar-refractivity contribution in [3.05, 3.63) is 83.1 Å². The Morgan fingerprint density at radius 3 is 2.64 bits per heavy atom.